The third kappa shape index (κ3) is 3.80. The summed E-state index contributed by atoms with van der Waals surface area (Å²) in [6.07, 6.45) is 0.0820. The molecule has 5 aromatic rings. The third-order valence-corrected chi connectivity index (χ3v) is 5.56. The van der Waals surface area contributed by atoms with Crippen LogP contribution in [0, 0.1) is 20.8 Å². The zero-order chi connectivity index (χ0) is 23.1. The average Bonchev–Trinajstić information content (AvgIpc) is 3.35. The molecule has 1 N–H and O–H groups in total. The number of hydrogen-bond acceptors (Lipinski definition) is 6. The number of amides is 1. The van der Waals surface area contributed by atoms with Gasteiger partial charge in [-0.2, -0.15) is 9.78 Å². The fourth-order valence-electron chi connectivity index (χ4n) is 3.98. The van der Waals surface area contributed by atoms with Crippen LogP contribution >= 0.6 is 0 Å². The molecule has 0 saturated heterocycles. The summed E-state index contributed by atoms with van der Waals surface area (Å²) in [7, 11) is 1.62. The van der Waals surface area contributed by atoms with E-state index in [1.807, 2.05) is 69.3 Å². The number of carbonyl (C=O) groups excluding carboxylic acids is 1. The lowest BCUT2D eigenvalue weighted by Crippen LogP contribution is -2.18. The second-order valence-corrected chi connectivity index (χ2v) is 8.09. The maximum Gasteiger partial charge on any atom is 0.231 e. The van der Waals surface area contributed by atoms with Crippen LogP contribution < -0.4 is 10.1 Å². The van der Waals surface area contributed by atoms with Crippen molar-refractivity contribution in [1.29, 1.82) is 0 Å². The van der Waals surface area contributed by atoms with Gasteiger partial charge in [-0.05, 0) is 50.6 Å². The Morgan fingerprint density at radius 1 is 1.09 bits per heavy atom. The van der Waals surface area contributed by atoms with Crippen LogP contribution in [0.1, 0.15) is 22.5 Å². The molecule has 2 aromatic carbocycles. The minimum Gasteiger partial charge on any atom is -0.494 e. The molecule has 0 unspecified atom stereocenters. The molecule has 3 heterocycles. The van der Waals surface area contributed by atoms with Gasteiger partial charge in [0.25, 0.3) is 0 Å². The van der Waals surface area contributed by atoms with Gasteiger partial charge in [0.05, 0.1) is 19.2 Å². The fraction of sp³-hybridized carbons (Fsp3) is 0.200. The number of hydrogen-bond donors (Lipinski definition) is 1. The van der Waals surface area contributed by atoms with Crippen molar-refractivity contribution in [2.75, 3.05) is 12.4 Å². The van der Waals surface area contributed by atoms with Gasteiger partial charge in [0.1, 0.15) is 22.8 Å². The number of ether oxygens (including phenoxy) is 1. The molecule has 166 valence electrons. The number of aromatic nitrogens is 4. The highest BCUT2D eigenvalue weighted by Crippen LogP contribution is 2.28. The van der Waals surface area contributed by atoms with Gasteiger partial charge >= 0.3 is 0 Å². The van der Waals surface area contributed by atoms with E-state index in [1.165, 1.54) is 0 Å². The lowest BCUT2D eigenvalue weighted by molar-refractivity contribution is -0.115. The van der Waals surface area contributed by atoms with E-state index in [0.29, 0.717) is 28.7 Å². The summed E-state index contributed by atoms with van der Waals surface area (Å²) >= 11 is 0. The first-order chi connectivity index (χ1) is 15.9. The lowest BCUT2D eigenvalue weighted by atomic mass is 10.1. The highest BCUT2D eigenvalue weighted by Gasteiger charge is 2.17. The molecule has 1 amide bonds. The molecular formula is C25H23N5O3. The van der Waals surface area contributed by atoms with Crippen LogP contribution in [0.15, 0.2) is 53.1 Å². The molecule has 0 radical (unpaired) electrons. The normalized spacial score (nSPS) is 11.3. The summed E-state index contributed by atoms with van der Waals surface area (Å²) in [5.41, 5.74) is 4.86. The first-order valence-corrected chi connectivity index (χ1v) is 10.6. The highest BCUT2D eigenvalue weighted by atomic mass is 16.5. The van der Waals surface area contributed by atoms with E-state index >= 15 is 0 Å². The largest absolute Gasteiger partial charge is 0.494 e. The summed E-state index contributed by atoms with van der Waals surface area (Å²) in [5, 5.41) is 13.4. The lowest BCUT2D eigenvalue weighted by Gasteiger charge is -2.12. The van der Waals surface area contributed by atoms with Crippen LogP contribution in [-0.4, -0.2) is 32.9 Å². The predicted octanol–water partition coefficient (Wildman–Crippen LogP) is 4.68. The molecule has 0 aliphatic heterocycles. The number of carbonyl (C=O) groups is 1. The van der Waals surface area contributed by atoms with Crippen molar-refractivity contribution in [3.8, 4) is 11.6 Å². The highest BCUT2D eigenvalue weighted by molar-refractivity contribution is 5.94. The van der Waals surface area contributed by atoms with Crippen LogP contribution in [0.5, 0.6) is 5.75 Å². The van der Waals surface area contributed by atoms with Crippen molar-refractivity contribution < 1.29 is 14.1 Å². The number of nitrogens with zero attached hydrogens (tertiary/aromatic N) is 4. The Kier molecular flexibility index (Phi) is 5.05. The summed E-state index contributed by atoms with van der Waals surface area (Å²) in [4.78, 5) is 17.7. The second kappa shape index (κ2) is 8.05. The monoisotopic (exact) mass is 441 g/mol. The number of rotatable bonds is 5. The van der Waals surface area contributed by atoms with Gasteiger partial charge in [-0.25, -0.2) is 4.98 Å². The van der Waals surface area contributed by atoms with Gasteiger partial charge in [0.15, 0.2) is 11.4 Å². The van der Waals surface area contributed by atoms with E-state index in [1.54, 1.807) is 11.8 Å². The van der Waals surface area contributed by atoms with E-state index < -0.39 is 0 Å². The van der Waals surface area contributed by atoms with E-state index in [4.69, 9.17) is 14.2 Å². The Bertz CT molecular complexity index is 1520. The second-order valence-electron chi connectivity index (χ2n) is 8.09. The van der Waals surface area contributed by atoms with Crippen LogP contribution in [0.4, 0.5) is 5.82 Å². The standard InChI is InChI=1S/C25H23N5O3/c1-14-8-9-20-18(10-14)19(29-33-20)13-24(31)26-23-12-16(3)28-30(23)22-11-15(2)17-6-5-7-21(32-4)25(17)27-22/h5-12H,13H2,1-4H3,(H,26,31). The van der Waals surface area contributed by atoms with Gasteiger partial charge in [0, 0.05) is 16.8 Å². The van der Waals surface area contributed by atoms with Crippen LogP contribution in [0.25, 0.3) is 27.7 Å². The molecule has 33 heavy (non-hydrogen) atoms. The summed E-state index contributed by atoms with van der Waals surface area (Å²) in [5.74, 6) is 1.58. The van der Waals surface area contributed by atoms with Gasteiger partial charge in [-0.3, -0.25) is 4.79 Å². The number of para-hydroxylation sites is 1. The average molecular weight is 441 g/mol. The zero-order valence-electron chi connectivity index (χ0n) is 18.8. The smallest absolute Gasteiger partial charge is 0.231 e. The Morgan fingerprint density at radius 2 is 1.94 bits per heavy atom. The molecule has 3 aromatic heterocycles. The fourth-order valence-corrected chi connectivity index (χ4v) is 3.98. The minimum absolute atomic E-state index is 0.0820. The Balaban J connectivity index is 1.48. The van der Waals surface area contributed by atoms with Crippen molar-refractivity contribution in [1.82, 2.24) is 19.9 Å². The quantitative estimate of drug-likeness (QED) is 0.426. The van der Waals surface area contributed by atoms with Gasteiger partial charge in [-0.1, -0.05) is 28.9 Å². The van der Waals surface area contributed by atoms with E-state index in [2.05, 4.69) is 15.6 Å². The molecule has 8 heteroatoms. The van der Waals surface area contributed by atoms with Crippen LogP contribution in [0.2, 0.25) is 0 Å². The number of benzene rings is 2. The molecule has 0 aliphatic carbocycles. The van der Waals surface area contributed by atoms with Gasteiger partial charge in [-0.15, -0.1) is 0 Å². The molecule has 0 aliphatic rings. The molecule has 0 atom stereocenters. The molecule has 0 fully saturated rings. The Hall–Kier alpha value is -4.20. The molecular weight excluding hydrogens is 418 g/mol. The van der Waals surface area contributed by atoms with Gasteiger partial charge < -0.3 is 14.6 Å². The van der Waals surface area contributed by atoms with Crippen molar-refractivity contribution in [2.45, 2.75) is 27.2 Å². The SMILES string of the molecule is COc1cccc2c(C)cc(-n3nc(C)cc3NC(=O)Cc3noc4ccc(C)cc34)nc12. The van der Waals surface area contributed by atoms with Crippen molar-refractivity contribution >= 4 is 33.6 Å². The molecule has 5 rings (SSSR count). The van der Waals surface area contributed by atoms with E-state index in [0.717, 1.165) is 33.1 Å². The topological polar surface area (TPSA) is 95.1 Å². The zero-order valence-corrected chi connectivity index (χ0v) is 18.8. The molecule has 0 spiro atoms. The maximum absolute atomic E-state index is 12.9. The Morgan fingerprint density at radius 3 is 2.76 bits per heavy atom. The Labute approximate surface area is 190 Å². The number of fused-ring (bicyclic) bond motifs is 2. The summed E-state index contributed by atoms with van der Waals surface area (Å²) < 4.78 is 12.5. The maximum atomic E-state index is 12.9. The number of aryl methyl sites for hydroxylation is 3. The number of anilines is 1. The van der Waals surface area contributed by atoms with Crippen LogP contribution in [-0.2, 0) is 11.2 Å². The number of pyridine rings is 1. The van der Waals surface area contributed by atoms with E-state index in [-0.39, 0.29) is 12.3 Å². The number of methoxy groups -OCH3 is 1. The molecule has 0 saturated carbocycles. The third-order valence-electron chi connectivity index (χ3n) is 5.56. The van der Waals surface area contributed by atoms with E-state index in [9.17, 15) is 4.79 Å². The minimum atomic E-state index is -0.219. The van der Waals surface area contributed by atoms with Crippen molar-refractivity contribution in [3.63, 3.8) is 0 Å². The first-order valence-electron chi connectivity index (χ1n) is 10.6. The molecule has 0 bridgehead atoms. The van der Waals surface area contributed by atoms with Crippen molar-refractivity contribution in [3.05, 3.63) is 71.0 Å². The molecule has 8 nitrogen and oxygen atoms in total. The van der Waals surface area contributed by atoms with Crippen LogP contribution in [0.3, 0.4) is 0 Å². The summed E-state index contributed by atoms with van der Waals surface area (Å²) in [6.45, 7) is 5.87. The summed E-state index contributed by atoms with van der Waals surface area (Å²) in [6, 6.07) is 15.4. The predicted molar refractivity (Wildman–Crippen MR) is 126 cm³/mol. The van der Waals surface area contributed by atoms with Crippen molar-refractivity contribution in [2.24, 2.45) is 0 Å². The number of nitrogens with one attached hydrogen (secondary N) is 1. The van der Waals surface area contributed by atoms with Gasteiger partial charge in [0.2, 0.25) is 5.91 Å². The first kappa shape index (κ1) is 20.7.